The molecule has 0 fully saturated rings. The fourth-order valence-electron chi connectivity index (χ4n) is 0.484. The molecule has 0 unspecified atom stereocenters. The van der Waals surface area contributed by atoms with E-state index >= 15 is 0 Å². The van der Waals surface area contributed by atoms with Crippen molar-refractivity contribution in [3.05, 3.63) is 41.8 Å². The Labute approximate surface area is 73.0 Å². The molecule has 0 aliphatic carbocycles. The van der Waals surface area contributed by atoms with Crippen LogP contribution < -0.4 is 0 Å². The molecular weight excluding hydrogens is 185 g/mol. The van der Waals surface area contributed by atoms with E-state index in [0.29, 0.717) is 0 Å². The molecule has 0 bridgehead atoms. The number of halogens is 1. The minimum atomic E-state index is 0. The van der Waals surface area contributed by atoms with Crippen LogP contribution in [0.15, 0.2) is 24.3 Å². The molecule has 0 saturated heterocycles. The van der Waals surface area contributed by atoms with Gasteiger partial charge >= 0.3 is 0 Å². The Morgan fingerprint density at radius 2 is 1.56 bits per heavy atom. The van der Waals surface area contributed by atoms with E-state index < -0.39 is 0 Å². The molecule has 0 amide bonds. The topological polar surface area (TPSA) is 0 Å². The number of hydrogen-bond acceptors (Lipinski definition) is 0. The molecule has 44 valence electrons. The maximum Gasteiger partial charge on any atom is 0.0164 e. The number of rotatable bonds is 0. The largest absolute Gasteiger partial charge is 0.199 e. The minimum absolute atomic E-state index is 0. The molecule has 0 N–H and O–H groups in total. The van der Waals surface area contributed by atoms with Gasteiger partial charge in [-0.05, 0) is 0 Å². The van der Waals surface area contributed by atoms with Gasteiger partial charge in [-0.1, -0.05) is 23.7 Å². The molecule has 9 heavy (non-hydrogen) atoms. The Morgan fingerprint density at radius 3 is 1.89 bits per heavy atom. The summed E-state index contributed by atoms with van der Waals surface area (Å²) < 4.78 is 0. The number of hydrogen-bond donors (Lipinski definition) is 0. The average molecular weight is 191 g/mol. The van der Waals surface area contributed by atoms with Gasteiger partial charge in [0.25, 0.3) is 0 Å². The fourth-order valence-corrected chi connectivity index (χ4v) is 0.610. The van der Waals surface area contributed by atoms with Crippen molar-refractivity contribution in [2.24, 2.45) is 0 Å². The Bertz CT molecular complexity index is 148. The molecule has 1 aromatic rings. The van der Waals surface area contributed by atoms with Crippen molar-refractivity contribution in [2.75, 3.05) is 0 Å². The van der Waals surface area contributed by atoms with Crippen molar-refractivity contribution in [2.45, 2.75) is 0 Å². The molecule has 2 heteroatoms. The molecule has 1 aromatic carbocycles. The van der Waals surface area contributed by atoms with Crippen molar-refractivity contribution in [3.63, 3.8) is 0 Å². The molecule has 1 rings (SSSR count). The van der Waals surface area contributed by atoms with E-state index in [0.717, 1.165) is 10.6 Å². The molecule has 0 aromatic heterocycles. The van der Waals surface area contributed by atoms with Crippen LogP contribution in [0.4, 0.5) is 0 Å². The van der Waals surface area contributed by atoms with Crippen molar-refractivity contribution >= 4 is 11.6 Å². The van der Waals surface area contributed by atoms with E-state index in [1.807, 2.05) is 24.3 Å². The van der Waals surface area contributed by atoms with Crippen LogP contribution in [0.5, 0.6) is 0 Å². The second-order valence-electron chi connectivity index (χ2n) is 1.63. The van der Waals surface area contributed by atoms with Crippen molar-refractivity contribution in [1.82, 2.24) is 0 Å². The van der Waals surface area contributed by atoms with Gasteiger partial charge in [0.2, 0.25) is 0 Å². The van der Waals surface area contributed by atoms with Gasteiger partial charge in [0.1, 0.15) is 0 Å². The SMILES string of the molecule is [CH2-]c1ccc(Cl)cc1.[Zn]. The Kier molecular flexibility index (Phi) is 3.92. The Balaban J connectivity index is 0.000000640. The third-order valence-electron chi connectivity index (χ3n) is 0.913. The standard InChI is InChI=1S/C7H6Cl.Zn/c1-6-2-4-7(8)5-3-6;/h2-5H,1H2;/q-1;. The second-order valence-corrected chi connectivity index (χ2v) is 2.06. The van der Waals surface area contributed by atoms with Crippen LogP contribution in [0.25, 0.3) is 0 Å². The first-order chi connectivity index (χ1) is 3.79. The predicted molar refractivity (Wildman–Crippen MR) is 35.9 cm³/mol. The summed E-state index contributed by atoms with van der Waals surface area (Å²) in [6, 6.07) is 7.40. The first-order valence-electron chi connectivity index (χ1n) is 2.36. The van der Waals surface area contributed by atoms with Crippen LogP contribution >= 0.6 is 11.6 Å². The summed E-state index contributed by atoms with van der Waals surface area (Å²) in [5, 5.41) is 0.761. The van der Waals surface area contributed by atoms with Crippen LogP contribution in [-0.4, -0.2) is 0 Å². The molecule has 0 nitrogen and oxygen atoms in total. The second kappa shape index (κ2) is 3.92. The van der Waals surface area contributed by atoms with E-state index in [4.69, 9.17) is 11.6 Å². The molecule has 0 aliphatic rings. The third-order valence-corrected chi connectivity index (χ3v) is 1.17. The van der Waals surface area contributed by atoms with E-state index in [1.54, 1.807) is 0 Å². The van der Waals surface area contributed by atoms with E-state index in [-0.39, 0.29) is 19.5 Å². The van der Waals surface area contributed by atoms with Crippen LogP contribution in [0.3, 0.4) is 0 Å². The zero-order valence-corrected chi connectivity index (χ0v) is 8.82. The molecule has 0 atom stereocenters. The summed E-state index contributed by atoms with van der Waals surface area (Å²) in [5.74, 6) is 0. The van der Waals surface area contributed by atoms with Gasteiger partial charge in [-0.2, -0.15) is 24.6 Å². The summed E-state index contributed by atoms with van der Waals surface area (Å²) in [4.78, 5) is 0. The van der Waals surface area contributed by atoms with Crippen LogP contribution in [-0.2, 0) is 19.5 Å². The van der Waals surface area contributed by atoms with Gasteiger partial charge < -0.3 is 0 Å². The molecule has 0 aliphatic heterocycles. The Hall–Kier alpha value is 0.00338. The van der Waals surface area contributed by atoms with Gasteiger partial charge in [0, 0.05) is 24.5 Å². The van der Waals surface area contributed by atoms with Crippen LogP contribution in [0.1, 0.15) is 5.56 Å². The molecule has 0 saturated carbocycles. The van der Waals surface area contributed by atoms with E-state index in [9.17, 15) is 0 Å². The molecule has 0 spiro atoms. The van der Waals surface area contributed by atoms with Gasteiger partial charge in [0.05, 0.1) is 0 Å². The van der Waals surface area contributed by atoms with Gasteiger partial charge in [-0.25, -0.2) is 0 Å². The summed E-state index contributed by atoms with van der Waals surface area (Å²) in [5.41, 5.74) is 0.995. The summed E-state index contributed by atoms with van der Waals surface area (Å²) in [7, 11) is 0. The number of benzene rings is 1. The molecule has 0 heterocycles. The van der Waals surface area contributed by atoms with Gasteiger partial charge in [-0.15, -0.1) is 0 Å². The van der Waals surface area contributed by atoms with Crippen molar-refractivity contribution in [1.29, 1.82) is 0 Å². The first-order valence-corrected chi connectivity index (χ1v) is 2.74. The maximum absolute atomic E-state index is 5.58. The zero-order valence-electron chi connectivity index (χ0n) is 5.10. The van der Waals surface area contributed by atoms with Crippen molar-refractivity contribution in [3.8, 4) is 0 Å². The van der Waals surface area contributed by atoms with Gasteiger partial charge in [0.15, 0.2) is 0 Å². The quantitative estimate of drug-likeness (QED) is 0.436. The third kappa shape index (κ3) is 2.88. The monoisotopic (exact) mass is 189 g/mol. The van der Waals surface area contributed by atoms with Crippen LogP contribution in [0.2, 0.25) is 5.02 Å². The molecule has 0 radical (unpaired) electrons. The van der Waals surface area contributed by atoms with Gasteiger partial charge in [-0.3, -0.25) is 0 Å². The summed E-state index contributed by atoms with van der Waals surface area (Å²) in [6.45, 7) is 3.70. The Morgan fingerprint density at radius 1 is 1.11 bits per heavy atom. The van der Waals surface area contributed by atoms with E-state index in [1.165, 1.54) is 0 Å². The minimum Gasteiger partial charge on any atom is -0.199 e. The average Bonchev–Trinajstić information content (AvgIpc) is 1.77. The zero-order chi connectivity index (χ0) is 5.98. The maximum atomic E-state index is 5.58. The normalized spacial score (nSPS) is 8.11. The summed E-state index contributed by atoms with van der Waals surface area (Å²) >= 11 is 5.58. The van der Waals surface area contributed by atoms with Crippen LogP contribution in [0, 0.1) is 6.92 Å². The van der Waals surface area contributed by atoms with Crippen molar-refractivity contribution < 1.29 is 19.5 Å². The summed E-state index contributed by atoms with van der Waals surface area (Å²) in [6.07, 6.45) is 0. The molecular formula is C7H6ClZn-. The van der Waals surface area contributed by atoms with E-state index in [2.05, 4.69) is 6.92 Å². The first kappa shape index (κ1) is 9.00. The predicted octanol–water partition coefficient (Wildman–Crippen LogP) is 2.52. The smallest absolute Gasteiger partial charge is 0.0164 e. The fraction of sp³-hybridized carbons (Fsp3) is 0.